The zero-order valence-electron chi connectivity index (χ0n) is 23.4. The standard InChI is InChI=1S/C31H52O3/c1-20-21(33)9-10-22-27(20,4)13-16-30(7)28(22,5)14-15-29(6)23-17-25(2,19-32)11-12-26(23,3)18-24(34)31(29,30)8/h20,22-24,32,34H,9-19H2,1-8H3/t20-,22+,23+,24+,25+,26+,27+,28-,29-,30-,31-/m0/s1. The Balaban J connectivity index is 1.63. The molecule has 5 rings (SSSR count). The third-order valence-electron chi connectivity index (χ3n) is 15.0. The van der Waals surface area contributed by atoms with Crippen molar-refractivity contribution in [1.29, 1.82) is 0 Å². The number of ketones is 1. The van der Waals surface area contributed by atoms with Gasteiger partial charge in [0.1, 0.15) is 5.78 Å². The van der Waals surface area contributed by atoms with Gasteiger partial charge in [0.15, 0.2) is 0 Å². The van der Waals surface area contributed by atoms with Crippen molar-refractivity contribution in [3.05, 3.63) is 0 Å². The Morgan fingerprint density at radius 3 is 2.12 bits per heavy atom. The van der Waals surface area contributed by atoms with Gasteiger partial charge < -0.3 is 10.2 Å². The van der Waals surface area contributed by atoms with Crippen molar-refractivity contribution >= 4 is 5.78 Å². The lowest BCUT2D eigenvalue weighted by Gasteiger charge is -2.79. The van der Waals surface area contributed by atoms with Gasteiger partial charge >= 0.3 is 0 Å². The Morgan fingerprint density at radius 1 is 0.824 bits per heavy atom. The van der Waals surface area contributed by atoms with Crippen LogP contribution in [0, 0.1) is 55.7 Å². The molecule has 0 heterocycles. The lowest BCUT2D eigenvalue weighted by atomic mass is 9.25. The zero-order valence-corrected chi connectivity index (χ0v) is 23.4. The first-order valence-corrected chi connectivity index (χ1v) is 14.4. The number of carbonyl (C=O) groups is 1. The summed E-state index contributed by atoms with van der Waals surface area (Å²) in [5.41, 5.74) is 0.287. The molecule has 2 N–H and O–H groups in total. The summed E-state index contributed by atoms with van der Waals surface area (Å²) in [5, 5.41) is 22.5. The molecule has 0 unspecified atom stereocenters. The van der Waals surface area contributed by atoms with Gasteiger partial charge in [0.2, 0.25) is 0 Å². The minimum absolute atomic E-state index is 0.00233. The summed E-state index contributed by atoms with van der Waals surface area (Å²) in [7, 11) is 0. The number of rotatable bonds is 1. The predicted molar refractivity (Wildman–Crippen MR) is 137 cm³/mol. The van der Waals surface area contributed by atoms with E-state index in [0.29, 0.717) is 17.6 Å². The molecule has 0 spiro atoms. The molecular formula is C31H52O3. The van der Waals surface area contributed by atoms with Crippen LogP contribution in [0.1, 0.15) is 120 Å². The molecular weight excluding hydrogens is 420 g/mol. The highest BCUT2D eigenvalue weighted by Gasteiger charge is 2.77. The van der Waals surface area contributed by atoms with Crippen molar-refractivity contribution in [2.45, 2.75) is 126 Å². The average molecular weight is 473 g/mol. The van der Waals surface area contributed by atoms with Crippen LogP contribution < -0.4 is 0 Å². The van der Waals surface area contributed by atoms with Gasteiger partial charge in [0.05, 0.1) is 6.10 Å². The molecule has 0 amide bonds. The van der Waals surface area contributed by atoms with Gasteiger partial charge in [-0.1, -0.05) is 55.4 Å². The summed E-state index contributed by atoms with van der Waals surface area (Å²) < 4.78 is 0. The van der Waals surface area contributed by atoms with Gasteiger partial charge in [-0.2, -0.15) is 0 Å². The maximum Gasteiger partial charge on any atom is 0.136 e. The third-order valence-corrected chi connectivity index (χ3v) is 15.0. The van der Waals surface area contributed by atoms with E-state index in [-0.39, 0.29) is 56.5 Å². The second kappa shape index (κ2) is 7.12. The monoisotopic (exact) mass is 472 g/mol. The van der Waals surface area contributed by atoms with E-state index in [1.165, 1.54) is 6.42 Å². The molecule has 0 aromatic heterocycles. The van der Waals surface area contributed by atoms with E-state index >= 15 is 0 Å². The summed E-state index contributed by atoms with van der Waals surface area (Å²) in [6.07, 6.45) is 10.2. The lowest BCUT2D eigenvalue weighted by Crippen LogP contribution is -2.75. The first-order chi connectivity index (χ1) is 15.6. The Labute approximate surface area is 208 Å². The van der Waals surface area contributed by atoms with E-state index < -0.39 is 0 Å². The predicted octanol–water partition coefficient (Wildman–Crippen LogP) is 6.79. The molecule has 5 aliphatic carbocycles. The summed E-state index contributed by atoms with van der Waals surface area (Å²) in [4.78, 5) is 12.8. The maximum atomic E-state index is 12.8. The second-order valence-corrected chi connectivity index (χ2v) is 15.8. The molecule has 0 aromatic carbocycles. The van der Waals surface area contributed by atoms with Crippen LogP contribution in [-0.4, -0.2) is 28.7 Å². The Kier molecular flexibility index (Phi) is 5.29. The van der Waals surface area contributed by atoms with Crippen LogP contribution in [0.4, 0.5) is 0 Å². The van der Waals surface area contributed by atoms with E-state index in [1.807, 2.05) is 0 Å². The first-order valence-electron chi connectivity index (χ1n) is 14.4. The fourth-order valence-electron chi connectivity index (χ4n) is 11.8. The number of Topliss-reactive ketones (excluding diaryl/α,β-unsaturated/α-hetero) is 1. The molecule has 11 atom stereocenters. The van der Waals surface area contributed by atoms with Crippen LogP contribution in [0.3, 0.4) is 0 Å². The lowest BCUT2D eigenvalue weighted by molar-refractivity contribution is -0.329. The summed E-state index contributed by atoms with van der Waals surface area (Å²) >= 11 is 0. The molecule has 5 saturated carbocycles. The number of aliphatic hydroxyl groups is 2. The highest BCUT2D eigenvalue weighted by atomic mass is 16.3. The fourth-order valence-corrected chi connectivity index (χ4v) is 11.8. The third kappa shape index (κ3) is 2.65. The van der Waals surface area contributed by atoms with Crippen LogP contribution >= 0.6 is 0 Å². The van der Waals surface area contributed by atoms with Gasteiger partial charge in [-0.3, -0.25) is 4.79 Å². The quantitative estimate of drug-likeness (QED) is 0.442. The summed E-state index contributed by atoms with van der Waals surface area (Å²) in [6, 6.07) is 0. The summed E-state index contributed by atoms with van der Waals surface area (Å²) in [6.45, 7) is 19.7. The number of aliphatic hydroxyl groups excluding tert-OH is 2. The highest BCUT2D eigenvalue weighted by molar-refractivity contribution is 5.82. The molecule has 0 radical (unpaired) electrons. The molecule has 5 aliphatic rings. The highest BCUT2D eigenvalue weighted by Crippen LogP contribution is 2.82. The number of hydrogen-bond donors (Lipinski definition) is 2. The van der Waals surface area contributed by atoms with Crippen LogP contribution in [-0.2, 0) is 4.79 Å². The van der Waals surface area contributed by atoms with Gasteiger partial charge in [0.25, 0.3) is 0 Å². The number of carbonyl (C=O) groups excluding carboxylic acids is 1. The molecule has 194 valence electrons. The van der Waals surface area contributed by atoms with Crippen LogP contribution in [0.25, 0.3) is 0 Å². The smallest absolute Gasteiger partial charge is 0.136 e. The van der Waals surface area contributed by atoms with Crippen LogP contribution in [0.15, 0.2) is 0 Å². The Bertz CT molecular complexity index is 884. The van der Waals surface area contributed by atoms with Crippen LogP contribution in [0.2, 0.25) is 0 Å². The molecule has 0 aliphatic heterocycles. The fraction of sp³-hybridized carbons (Fsp3) is 0.968. The first kappa shape index (κ1) is 25.2. The minimum Gasteiger partial charge on any atom is -0.396 e. The summed E-state index contributed by atoms with van der Waals surface area (Å²) in [5.74, 6) is 1.69. The van der Waals surface area contributed by atoms with Crippen molar-refractivity contribution in [3.8, 4) is 0 Å². The van der Waals surface area contributed by atoms with E-state index in [2.05, 4.69) is 55.4 Å². The van der Waals surface area contributed by atoms with Crippen molar-refractivity contribution in [2.75, 3.05) is 6.61 Å². The maximum absolute atomic E-state index is 12.8. The van der Waals surface area contributed by atoms with Gasteiger partial charge in [-0.25, -0.2) is 0 Å². The van der Waals surface area contributed by atoms with E-state index in [1.54, 1.807) is 0 Å². The van der Waals surface area contributed by atoms with Gasteiger partial charge in [-0.05, 0) is 102 Å². The van der Waals surface area contributed by atoms with Crippen molar-refractivity contribution in [3.63, 3.8) is 0 Å². The normalized spacial score (nSPS) is 61.6. The molecule has 0 bridgehead atoms. The largest absolute Gasteiger partial charge is 0.396 e. The molecule has 3 nitrogen and oxygen atoms in total. The number of hydrogen-bond acceptors (Lipinski definition) is 3. The number of fused-ring (bicyclic) bond motifs is 7. The molecule has 0 aromatic rings. The second-order valence-electron chi connectivity index (χ2n) is 15.8. The SMILES string of the molecule is C[C@H]1C(=O)CC[C@@H]2[C@]1(C)CC[C@]1(C)[C@@]3(C)[C@H](O)C[C@@]4(C)CC[C@@](C)(CO)C[C@H]4[C@]3(C)CC[C@@]21C. The van der Waals surface area contributed by atoms with Crippen molar-refractivity contribution < 1.29 is 15.0 Å². The van der Waals surface area contributed by atoms with Gasteiger partial charge in [-0.15, -0.1) is 0 Å². The molecule has 0 saturated heterocycles. The van der Waals surface area contributed by atoms with Crippen molar-refractivity contribution in [2.24, 2.45) is 55.7 Å². The zero-order chi connectivity index (χ0) is 25.2. The minimum atomic E-state index is -0.297. The average Bonchev–Trinajstić information content (AvgIpc) is 2.78. The van der Waals surface area contributed by atoms with Crippen molar-refractivity contribution in [1.82, 2.24) is 0 Å². The van der Waals surface area contributed by atoms with E-state index in [9.17, 15) is 15.0 Å². The van der Waals surface area contributed by atoms with E-state index in [4.69, 9.17) is 0 Å². The van der Waals surface area contributed by atoms with Gasteiger partial charge in [0, 0.05) is 24.4 Å². The van der Waals surface area contributed by atoms with Crippen LogP contribution in [0.5, 0.6) is 0 Å². The topological polar surface area (TPSA) is 57.5 Å². The Hall–Kier alpha value is -0.410. The van der Waals surface area contributed by atoms with E-state index in [0.717, 1.165) is 57.8 Å². The molecule has 3 heteroatoms. The molecule has 34 heavy (non-hydrogen) atoms. The molecule has 5 fully saturated rings. The Morgan fingerprint density at radius 2 is 1.47 bits per heavy atom.